The number of rotatable bonds is 5. The number of likely N-dealkylation sites (tertiary alicyclic amines) is 1. The van der Waals surface area contributed by atoms with Crippen molar-refractivity contribution in [2.24, 2.45) is 5.73 Å². The highest BCUT2D eigenvalue weighted by Gasteiger charge is 2.41. The maximum absolute atomic E-state index is 12.3. The smallest absolute Gasteiger partial charge is 0.247 e. The standard InChI is InChI=1S/C14H25N3O2/c15-8-5-9-16-12-10-13(18)17(14(12)19)11-6-3-1-2-4-7-11/h11-12,16H,1-10,15H2. The molecule has 1 unspecified atom stereocenters. The number of hydrogen-bond acceptors (Lipinski definition) is 4. The molecule has 5 nitrogen and oxygen atoms in total. The number of hydrogen-bond donors (Lipinski definition) is 2. The van der Waals surface area contributed by atoms with Gasteiger partial charge in [-0.3, -0.25) is 14.5 Å². The largest absolute Gasteiger partial charge is 0.330 e. The molecule has 0 bridgehead atoms. The van der Waals surface area contributed by atoms with Crippen LogP contribution in [0, 0.1) is 0 Å². The van der Waals surface area contributed by atoms with Gasteiger partial charge in [-0.2, -0.15) is 0 Å². The van der Waals surface area contributed by atoms with Crippen LogP contribution in [-0.4, -0.2) is 41.9 Å². The highest BCUT2D eigenvalue weighted by Crippen LogP contribution is 2.26. The number of carbonyl (C=O) groups excluding carboxylic acids is 2. The summed E-state index contributed by atoms with van der Waals surface area (Å²) in [6, 6.07) is -0.175. The minimum absolute atomic E-state index is 0.00199. The molecule has 108 valence electrons. The molecule has 19 heavy (non-hydrogen) atoms. The molecular weight excluding hydrogens is 242 g/mol. The van der Waals surface area contributed by atoms with Gasteiger partial charge in [0.05, 0.1) is 12.5 Å². The number of carbonyl (C=O) groups is 2. The predicted molar refractivity (Wildman–Crippen MR) is 73.4 cm³/mol. The van der Waals surface area contributed by atoms with E-state index in [1.807, 2.05) is 0 Å². The van der Waals surface area contributed by atoms with Crippen LogP contribution in [0.5, 0.6) is 0 Å². The van der Waals surface area contributed by atoms with Gasteiger partial charge >= 0.3 is 0 Å². The predicted octanol–water partition coefficient (Wildman–Crippen LogP) is 0.775. The SMILES string of the molecule is NCCCNC1CC(=O)N(C2CCCCCC2)C1=O. The fraction of sp³-hybridized carbons (Fsp3) is 0.857. The third kappa shape index (κ3) is 3.54. The Labute approximate surface area is 114 Å². The minimum atomic E-state index is -0.317. The zero-order valence-corrected chi connectivity index (χ0v) is 11.6. The van der Waals surface area contributed by atoms with Gasteiger partial charge in [0.25, 0.3) is 0 Å². The second kappa shape index (κ2) is 7.01. The molecule has 1 aliphatic heterocycles. The molecule has 1 saturated heterocycles. The van der Waals surface area contributed by atoms with Gasteiger partial charge in [-0.05, 0) is 32.4 Å². The van der Waals surface area contributed by atoms with Gasteiger partial charge in [-0.1, -0.05) is 25.7 Å². The topological polar surface area (TPSA) is 75.4 Å². The van der Waals surface area contributed by atoms with E-state index in [9.17, 15) is 9.59 Å². The van der Waals surface area contributed by atoms with Crippen LogP contribution in [0.3, 0.4) is 0 Å². The van der Waals surface area contributed by atoms with Crippen molar-refractivity contribution in [2.75, 3.05) is 13.1 Å². The third-order valence-electron chi connectivity index (χ3n) is 4.14. The van der Waals surface area contributed by atoms with E-state index in [-0.39, 0.29) is 23.9 Å². The van der Waals surface area contributed by atoms with Crippen LogP contribution in [-0.2, 0) is 9.59 Å². The van der Waals surface area contributed by atoms with Gasteiger partial charge in [-0.15, -0.1) is 0 Å². The summed E-state index contributed by atoms with van der Waals surface area (Å²) < 4.78 is 0. The number of amides is 2. The maximum Gasteiger partial charge on any atom is 0.247 e. The molecule has 2 fully saturated rings. The van der Waals surface area contributed by atoms with Crippen molar-refractivity contribution in [1.29, 1.82) is 0 Å². The fourth-order valence-corrected chi connectivity index (χ4v) is 3.09. The van der Waals surface area contributed by atoms with Crippen molar-refractivity contribution >= 4 is 11.8 Å². The Morgan fingerprint density at radius 1 is 1.16 bits per heavy atom. The van der Waals surface area contributed by atoms with Crippen LogP contribution >= 0.6 is 0 Å². The van der Waals surface area contributed by atoms with Crippen molar-refractivity contribution in [1.82, 2.24) is 10.2 Å². The third-order valence-corrected chi connectivity index (χ3v) is 4.14. The first-order valence-corrected chi connectivity index (χ1v) is 7.53. The summed E-state index contributed by atoms with van der Waals surface area (Å²) in [6.07, 6.45) is 7.83. The van der Waals surface area contributed by atoms with Gasteiger partial charge in [0.15, 0.2) is 0 Å². The minimum Gasteiger partial charge on any atom is -0.330 e. The van der Waals surface area contributed by atoms with Crippen molar-refractivity contribution in [2.45, 2.75) is 63.5 Å². The normalized spacial score (nSPS) is 25.9. The van der Waals surface area contributed by atoms with E-state index in [1.54, 1.807) is 4.90 Å². The van der Waals surface area contributed by atoms with Gasteiger partial charge in [0.2, 0.25) is 11.8 Å². The molecule has 2 rings (SSSR count). The van der Waals surface area contributed by atoms with E-state index in [0.29, 0.717) is 19.5 Å². The first kappa shape index (κ1) is 14.5. The van der Waals surface area contributed by atoms with Crippen LogP contribution in [0.4, 0.5) is 0 Å². The van der Waals surface area contributed by atoms with Crippen molar-refractivity contribution < 1.29 is 9.59 Å². The van der Waals surface area contributed by atoms with Crippen molar-refractivity contribution in [3.63, 3.8) is 0 Å². The van der Waals surface area contributed by atoms with Crippen LogP contribution in [0.15, 0.2) is 0 Å². The summed E-state index contributed by atoms with van der Waals surface area (Å²) in [5, 5.41) is 3.16. The van der Waals surface area contributed by atoms with E-state index < -0.39 is 0 Å². The molecule has 5 heteroatoms. The molecule has 2 amide bonds. The Balaban J connectivity index is 1.93. The Morgan fingerprint density at radius 2 is 1.84 bits per heavy atom. The number of imide groups is 1. The molecule has 2 aliphatic rings. The molecule has 3 N–H and O–H groups in total. The Bertz CT molecular complexity index is 325. The summed E-state index contributed by atoms with van der Waals surface area (Å²) in [4.78, 5) is 26.0. The number of nitrogens with zero attached hydrogens (tertiary/aromatic N) is 1. The maximum atomic E-state index is 12.3. The first-order valence-electron chi connectivity index (χ1n) is 7.53. The van der Waals surface area contributed by atoms with Crippen LogP contribution < -0.4 is 11.1 Å². The molecule has 1 atom stereocenters. The Kier molecular flexibility index (Phi) is 5.34. The van der Waals surface area contributed by atoms with E-state index in [1.165, 1.54) is 12.8 Å². The molecule has 0 radical (unpaired) electrons. The molecule has 1 aliphatic carbocycles. The van der Waals surface area contributed by atoms with E-state index >= 15 is 0 Å². The summed E-state index contributed by atoms with van der Waals surface area (Å²) in [5.41, 5.74) is 5.43. The first-order chi connectivity index (χ1) is 9.24. The average molecular weight is 267 g/mol. The molecule has 0 aromatic rings. The molecule has 1 heterocycles. The highest BCUT2D eigenvalue weighted by molar-refractivity contribution is 6.05. The lowest BCUT2D eigenvalue weighted by atomic mass is 10.1. The highest BCUT2D eigenvalue weighted by atomic mass is 16.2. The second-order valence-corrected chi connectivity index (χ2v) is 5.60. The van der Waals surface area contributed by atoms with E-state index in [4.69, 9.17) is 5.73 Å². The Morgan fingerprint density at radius 3 is 2.47 bits per heavy atom. The summed E-state index contributed by atoms with van der Waals surface area (Å²) in [7, 11) is 0. The van der Waals surface area contributed by atoms with Gasteiger partial charge in [-0.25, -0.2) is 0 Å². The van der Waals surface area contributed by atoms with Crippen LogP contribution in [0.2, 0.25) is 0 Å². The van der Waals surface area contributed by atoms with Crippen molar-refractivity contribution in [3.05, 3.63) is 0 Å². The van der Waals surface area contributed by atoms with Gasteiger partial charge in [0.1, 0.15) is 0 Å². The second-order valence-electron chi connectivity index (χ2n) is 5.60. The molecule has 0 aromatic carbocycles. The van der Waals surface area contributed by atoms with Crippen LogP contribution in [0.1, 0.15) is 51.4 Å². The van der Waals surface area contributed by atoms with Gasteiger partial charge < -0.3 is 11.1 Å². The lowest BCUT2D eigenvalue weighted by molar-refractivity contribution is -0.141. The molecular formula is C14H25N3O2. The quantitative estimate of drug-likeness (QED) is 0.438. The zero-order valence-electron chi connectivity index (χ0n) is 11.6. The van der Waals surface area contributed by atoms with Crippen LogP contribution in [0.25, 0.3) is 0 Å². The average Bonchev–Trinajstić information content (AvgIpc) is 2.61. The van der Waals surface area contributed by atoms with Crippen molar-refractivity contribution in [3.8, 4) is 0 Å². The lowest BCUT2D eigenvalue weighted by Gasteiger charge is -2.25. The monoisotopic (exact) mass is 267 g/mol. The summed E-state index contributed by atoms with van der Waals surface area (Å²) in [6.45, 7) is 1.31. The van der Waals surface area contributed by atoms with Gasteiger partial charge in [0, 0.05) is 6.04 Å². The van der Waals surface area contributed by atoms with E-state index in [0.717, 1.165) is 32.1 Å². The number of nitrogens with one attached hydrogen (secondary N) is 1. The number of nitrogens with two attached hydrogens (primary N) is 1. The lowest BCUT2D eigenvalue weighted by Crippen LogP contribution is -2.44. The molecule has 0 spiro atoms. The van der Waals surface area contributed by atoms with E-state index in [2.05, 4.69) is 5.32 Å². The molecule has 0 aromatic heterocycles. The summed E-state index contributed by atoms with van der Waals surface area (Å²) >= 11 is 0. The molecule has 1 saturated carbocycles. The zero-order chi connectivity index (χ0) is 13.7. The fourth-order valence-electron chi connectivity index (χ4n) is 3.09. The summed E-state index contributed by atoms with van der Waals surface area (Å²) in [5.74, 6) is -0.0175. The Hall–Kier alpha value is -0.940.